The average Bonchev–Trinajstić information content (AvgIpc) is 2.50. The molecule has 1 N–H and O–H groups in total. The van der Waals surface area contributed by atoms with Crippen LogP contribution in [0.2, 0.25) is 0 Å². The van der Waals surface area contributed by atoms with Crippen molar-refractivity contribution in [3.63, 3.8) is 0 Å². The van der Waals surface area contributed by atoms with Crippen LogP contribution in [-0.2, 0) is 0 Å². The van der Waals surface area contributed by atoms with Gasteiger partial charge >= 0.3 is 0 Å². The van der Waals surface area contributed by atoms with E-state index in [1.54, 1.807) is 0 Å². The van der Waals surface area contributed by atoms with Crippen LogP contribution in [0.15, 0.2) is 24.3 Å². The summed E-state index contributed by atoms with van der Waals surface area (Å²) in [5, 5.41) is 9.25. The number of rotatable bonds is 4. The molecule has 2 unspecified atom stereocenters. The summed E-state index contributed by atoms with van der Waals surface area (Å²) in [5.41, 5.74) is 1.37. The first-order valence-corrected chi connectivity index (χ1v) is 7.95. The van der Waals surface area contributed by atoms with Crippen LogP contribution in [0.5, 0.6) is 5.75 Å². The first-order valence-electron chi connectivity index (χ1n) is 7.95. The Morgan fingerprint density at radius 1 is 1.20 bits per heavy atom. The van der Waals surface area contributed by atoms with Gasteiger partial charge in [0.1, 0.15) is 5.75 Å². The maximum atomic E-state index is 9.25. The van der Waals surface area contributed by atoms with E-state index in [0.29, 0.717) is 18.6 Å². The normalized spacial score (nSPS) is 26.9. The van der Waals surface area contributed by atoms with Crippen molar-refractivity contribution in [1.29, 1.82) is 0 Å². The third-order valence-electron chi connectivity index (χ3n) is 4.75. The van der Waals surface area contributed by atoms with Gasteiger partial charge in [-0.3, -0.25) is 4.90 Å². The van der Waals surface area contributed by atoms with Crippen LogP contribution in [0.4, 0.5) is 0 Å². The Kier molecular flexibility index (Phi) is 4.58. The van der Waals surface area contributed by atoms with E-state index in [0.717, 1.165) is 31.7 Å². The number of aliphatic hydroxyl groups excluding tert-OH is 1. The molecule has 3 rings (SSSR count). The van der Waals surface area contributed by atoms with Gasteiger partial charge in [0.15, 0.2) is 0 Å². The average molecular weight is 275 g/mol. The van der Waals surface area contributed by atoms with Crippen LogP contribution < -0.4 is 4.74 Å². The fourth-order valence-corrected chi connectivity index (χ4v) is 3.66. The fourth-order valence-electron chi connectivity index (χ4n) is 3.66. The van der Waals surface area contributed by atoms with Crippen molar-refractivity contribution in [3.05, 3.63) is 29.8 Å². The van der Waals surface area contributed by atoms with Crippen molar-refractivity contribution in [3.8, 4) is 5.75 Å². The number of hydrogen-bond donors (Lipinski definition) is 1. The topological polar surface area (TPSA) is 32.7 Å². The molecule has 0 spiro atoms. The maximum Gasteiger partial charge on any atom is 0.122 e. The molecule has 1 saturated heterocycles. The molecular formula is C17H25NO2. The third-order valence-corrected chi connectivity index (χ3v) is 4.75. The molecule has 20 heavy (non-hydrogen) atoms. The van der Waals surface area contributed by atoms with Crippen LogP contribution >= 0.6 is 0 Å². The Morgan fingerprint density at radius 3 is 3.00 bits per heavy atom. The van der Waals surface area contributed by atoms with Crippen LogP contribution in [-0.4, -0.2) is 42.4 Å². The summed E-state index contributed by atoms with van der Waals surface area (Å²) >= 11 is 0. The standard InChI is InChI=1S/C17H25NO2/c19-11-8-15-5-3-4-10-18(15)13-14-9-12-20-17-7-2-1-6-16(14)17/h1-2,6-7,14-15,19H,3-5,8-13H2. The summed E-state index contributed by atoms with van der Waals surface area (Å²) in [6.07, 6.45) is 5.88. The highest BCUT2D eigenvalue weighted by atomic mass is 16.5. The molecule has 0 aromatic heterocycles. The Morgan fingerprint density at radius 2 is 2.10 bits per heavy atom. The van der Waals surface area contributed by atoms with E-state index in [1.807, 2.05) is 0 Å². The van der Waals surface area contributed by atoms with E-state index < -0.39 is 0 Å². The molecular weight excluding hydrogens is 250 g/mol. The van der Waals surface area contributed by atoms with Crippen LogP contribution in [0, 0.1) is 0 Å². The van der Waals surface area contributed by atoms with Crippen LogP contribution in [0.25, 0.3) is 0 Å². The predicted molar refractivity (Wildman–Crippen MR) is 80.2 cm³/mol. The lowest BCUT2D eigenvalue weighted by Crippen LogP contribution is -2.42. The van der Waals surface area contributed by atoms with E-state index in [-0.39, 0.29) is 0 Å². The Hall–Kier alpha value is -1.06. The lowest BCUT2D eigenvalue weighted by molar-refractivity contribution is 0.105. The minimum atomic E-state index is 0.311. The van der Waals surface area contributed by atoms with Crippen molar-refractivity contribution >= 4 is 0 Å². The molecule has 0 aliphatic carbocycles. The lowest BCUT2D eigenvalue weighted by atomic mass is 9.90. The number of fused-ring (bicyclic) bond motifs is 1. The van der Waals surface area contributed by atoms with Crippen molar-refractivity contribution in [2.75, 3.05) is 26.3 Å². The van der Waals surface area contributed by atoms with E-state index in [4.69, 9.17) is 4.74 Å². The third kappa shape index (κ3) is 2.99. The van der Waals surface area contributed by atoms with Gasteiger partial charge in [-0.2, -0.15) is 0 Å². The van der Waals surface area contributed by atoms with Gasteiger partial charge < -0.3 is 9.84 Å². The van der Waals surface area contributed by atoms with Crippen molar-refractivity contribution < 1.29 is 9.84 Å². The van der Waals surface area contributed by atoms with E-state index >= 15 is 0 Å². The molecule has 1 fully saturated rings. The smallest absolute Gasteiger partial charge is 0.122 e. The monoisotopic (exact) mass is 275 g/mol. The van der Waals surface area contributed by atoms with E-state index in [9.17, 15) is 5.11 Å². The van der Waals surface area contributed by atoms with Gasteiger partial charge in [-0.1, -0.05) is 24.6 Å². The number of para-hydroxylation sites is 1. The molecule has 2 heterocycles. The second kappa shape index (κ2) is 6.59. The second-order valence-corrected chi connectivity index (χ2v) is 6.03. The molecule has 3 nitrogen and oxygen atoms in total. The Labute approximate surface area is 121 Å². The van der Waals surface area contributed by atoms with Gasteiger partial charge in [0, 0.05) is 25.1 Å². The van der Waals surface area contributed by atoms with Gasteiger partial charge in [-0.05, 0) is 43.9 Å². The predicted octanol–water partition coefficient (Wildman–Crippen LogP) is 2.79. The highest BCUT2D eigenvalue weighted by Gasteiger charge is 2.28. The summed E-state index contributed by atoms with van der Waals surface area (Å²) in [6, 6.07) is 9.04. The molecule has 0 radical (unpaired) electrons. The number of nitrogens with zero attached hydrogens (tertiary/aromatic N) is 1. The molecule has 1 aromatic rings. The Bertz CT molecular complexity index is 433. The summed E-state index contributed by atoms with van der Waals surface area (Å²) in [4.78, 5) is 2.60. The van der Waals surface area contributed by atoms with Crippen molar-refractivity contribution in [1.82, 2.24) is 4.90 Å². The molecule has 0 bridgehead atoms. The number of aliphatic hydroxyl groups is 1. The Balaban J connectivity index is 1.71. The van der Waals surface area contributed by atoms with Gasteiger partial charge in [0.25, 0.3) is 0 Å². The molecule has 0 amide bonds. The number of likely N-dealkylation sites (tertiary alicyclic amines) is 1. The summed E-state index contributed by atoms with van der Waals surface area (Å²) < 4.78 is 5.76. The zero-order valence-electron chi connectivity index (χ0n) is 12.1. The first kappa shape index (κ1) is 13.9. The quantitative estimate of drug-likeness (QED) is 0.917. The molecule has 110 valence electrons. The van der Waals surface area contributed by atoms with Crippen LogP contribution in [0.3, 0.4) is 0 Å². The molecule has 3 heteroatoms. The van der Waals surface area contributed by atoms with Gasteiger partial charge in [-0.15, -0.1) is 0 Å². The molecule has 2 aliphatic rings. The summed E-state index contributed by atoms with van der Waals surface area (Å²) in [5.74, 6) is 1.65. The van der Waals surface area contributed by atoms with Crippen LogP contribution in [0.1, 0.15) is 43.6 Å². The highest BCUT2D eigenvalue weighted by Crippen LogP contribution is 2.35. The van der Waals surface area contributed by atoms with E-state index in [1.165, 1.54) is 31.4 Å². The minimum Gasteiger partial charge on any atom is -0.493 e. The number of ether oxygens (including phenoxy) is 1. The second-order valence-electron chi connectivity index (χ2n) is 6.03. The first-order chi connectivity index (χ1) is 9.88. The van der Waals surface area contributed by atoms with Gasteiger partial charge in [0.2, 0.25) is 0 Å². The highest BCUT2D eigenvalue weighted by molar-refractivity contribution is 5.38. The molecule has 2 aliphatic heterocycles. The van der Waals surface area contributed by atoms with Crippen molar-refractivity contribution in [2.24, 2.45) is 0 Å². The van der Waals surface area contributed by atoms with E-state index in [2.05, 4.69) is 29.2 Å². The van der Waals surface area contributed by atoms with Crippen molar-refractivity contribution in [2.45, 2.75) is 44.1 Å². The zero-order valence-corrected chi connectivity index (χ0v) is 12.1. The van der Waals surface area contributed by atoms with Gasteiger partial charge in [0.05, 0.1) is 6.61 Å². The molecule has 0 saturated carbocycles. The lowest BCUT2D eigenvalue weighted by Gasteiger charge is -2.39. The number of hydrogen-bond acceptors (Lipinski definition) is 3. The summed E-state index contributed by atoms with van der Waals surface area (Å²) in [7, 11) is 0. The van der Waals surface area contributed by atoms with Gasteiger partial charge in [-0.25, -0.2) is 0 Å². The number of piperidine rings is 1. The zero-order chi connectivity index (χ0) is 13.8. The maximum absolute atomic E-state index is 9.25. The molecule has 2 atom stereocenters. The molecule has 1 aromatic carbocycles. The largest absolute Gasteiger partial charge is 0.493 e. The summed E-state index contributed by atoms with van der Waals surface area (Å²) in [6.45, 7) is 3.45. The fraction of sp³-hybridized carbons (Fsp3) is 0.647. The minimum absolute atomic E-state index is 0.311. The number of benzene rings is 1. The SMILES string of the molecule is OCCC1CCCCN1CC1CCOc2ccccc21.